The van der Waals surface area contributed by atoms with Crippen molar-refractivity contribution in [1.82, 2.24) is 5.32 Å². The van der Waals surface area contributed by atoms with Gasteiger partial charge in [-0.15, -0.1) is 0 Å². The summed E-state index contributed by atoms with van der Waals surface area (Å²) in [6, 6.07) is 3.99. The number of nitrogens with two attached hydrogens (primary N) is 1. The smallest absolute Gasteiger partial charge is 0.254 e. The molecule has 0 saturated carbocycles. The van der Waals surface area contributed by atoms with E-state index in [9.17, 15) is 9.18 Å². The Morgan fingerprint density at radius 3 is 2.50 bits per heavy atom. The van der Waals surface area contributed by atoms with Crippen molar-refractivity contribution in [3.8, 4) is 0 Å². The maximum absolute atomic E-state index is 13.6. The van der Waals surface area contributed by atoms with Crippen LogP contribution in [0, 0.1) is 5.82 Å². The van der Waals surface area contributed by atoms with Crippen molar-refractivity contribution in [2.45, 2.75) is 32.2 Å². The molecular formula is C13H18ClFN2O. The number of nitrogens with one attached hydrogen (secondary N) is 1. The number of rotatable bonds is 5. The predicted octanol–water partition coefficient (Wildman–Crippen LogP) is 2.73. The normalized spacial score (nSPS) is 11.4. The summed E-state index contributed by atoms with van der Waals surface area (Å²) in [5, 5.41) is 3.07. The SMILES string of the molecule is CCC(CC)(CN)NC(=O)c1ccc(Cl)cc1F. The number of carbonyl (C=O) groups is 1. The molecule has 0 heterocycles. The maximum atomic E-state index is 13.6. The van der Waals surface area contributed by atoms with Crippen molar-refractivity contribution >= 4 is 17.5 Å². The lowest BCUT2D eigenvalue weighted by molar-refractivity contribution is 0.0891. The monoisotopic (exact) mass is 272 g/mol. The van der Waals surface area contributed by atoms with Crippen molar-refractivity contribution in [1.29, 1.82) is 0 Å². The first kappa shape index (κ1) is 14.9. The van der Waals surface area contributed by atoms with Gasteiger partial charge in [0, 0.05) is 11.6 Å². The van der Waals surface area contributed by atoms with Crippen LogP contribution in [0.1, 0.15) is 37.0 Å². The molecule has 0 saturated heterocycles. The third-order valence-electron chi connectivity index (χ3n) is 3.30. The second-order valence-electron chi connectivity index (χ2n) is 4.27. The molecule has 1 aromatic carbocycles. The van der Waals surface area contributed by atoms with Crippen LogP contribution >= 0.6 is 11.6 Å². The Hall–Kier alpha value is -1.13. The molecule has 18 heavy (non-hydrogen) atoms. The van der Waals surface area contributed by atoms with Crippen LogP contribution < -0.4 is 11.1 Å². The molecule has 1 rings (SSSR count). The van der Waals surface area contributed by atoms with E-state index in [1.807, 2.05) is 13.8 Å². The van der Waals surface area contributed by atoms with Gasteiger partial charge in [-0.25, -0.2) is 4.39 Å². The van der Waals surface area contributed by atoms with E-state index in [1.54, 1.807) is 0 Å². The standard InChI is InChI=1S/C13H18ClFN2O/c1-3-13(4-2,8-16)17-12(18)10-6-5-9(14)7-11(10)15/h5-7H,3-4,8,16H2,1-2H3,(H,17,18). The fourth-order valence-electron chi connectivity index (χ4n) is 1.75. The van der Waals surface area contributed by atoms with E-state index in [0.717, 1.165) is 6.07 Å². The first-order chi connectivity index (χ1) is 8.48. The van der Waals surface area contributed by atoms with Crippen LogP contribution in [0.5, 0.6) is 0 Å². The first-order valence-electron chi connectivity index (χ1n) is 5.95. The molecule has 0 aromatic heterocycles. The molecule has 0 radical (unpaired) electrons. The van der Waals surface area contributed by atoms with Gasteiger partial charge in [0.25, 0.3) is 5.91 Å². The molecule has 0 aliphatic carbocycles. The highest BCUT2D eigenvalue weighted by molar-refractivity contribution is 6.30. The van der Waals surface area contributed by atoms with Crippen LogP contribution in [0.15, 0.2) is 18.2 Å². The lowest BCUT2D eigenvalue weighted by Crippen LogP contribution is -2.53. The number of halogens is 2. The van der Waals surface area contributed by atoms with Gasteiger partial charge in [-0.05, 0) is 31.0 Å². The molecule has 5 heteroatoms. The average molecular weight is 273 g/mol. The summed E-state index contributed by atoms with van der Waals surface area (Å²) in [6.07, 6.45) is 1.39. The van der Waals surface area contributed by atoms with Crippen molar-refractivity contribution in [3.05, 3.63) is 34.6 Å². The Balaban J connectivity index is 2.94. The lowest BCUT2D eigenvalue weighted by atomic mass is 9.92. The summed E-state index contributed by atoms with van der Waals surface area (Å²) in [5.41, 5.74) is 5.19. The minimum Gasteiger partial charge on any atom is -0.345 e. The van der Waals surface area contributed by atoms with Crippen LogP contribution in [0.25, 0.3) is 0 Å². The highest BCUT2D eigenvalue weighted by Crippen LogP contribution is 2.18. The van der Waals surface area contributed by atoms with E-state index in [-0.39, 0.29) is 10.6 Å². The Bertz CT molecular complexity index is 425. The fraction of sp³-hybridized carbons (Fsp3) is 0.462. The summed E-state index contributed by atoms with van der Waals surface area (Å²) in [4.78, 5) is 12.0. The Kier molecular flexibility index (Phi) is 5.11. The summed E-state index contributed by atoms with van der Waals surface area (Å²) >= 11 is 5.64. The van der Waals surface area contributed by atoms with Crippen LogP contribution in [-0.4, -0.2) is 18.0 Å². The van der Waals surface area contributed by atoms with E-state index in [4.69, 9.17) is 17.3 Å². The van der Waals surface area contributed by atoms with Gasteiger partial charge in [-0.2, -0.15) is 0 Å². The molecule has 0 spiro atoms. The molecule has 1 amide bonds. The van der Waals surface area contributed by atoms with E-state index >= 15 is 0 Å². The van der Waals surface area contributed by atoms with Crippen LogP contribution in [-0.2, 0) is 0 Å². The van der Waals surface area contributed by atoms with Crippen molar-refractivity contribution in [2.24, 2.45) is 5.73 Å². The van der Waals surface area contributed by atoms with Crippen molar-refractivity contribution in [2.75, 3.05) is 6.54 Å². The molecule has 1 aromatic rings. The summed E-state index contributed by atoms with van der Waals surface area (Å²) in [6.45, 7) is 4.20. The highest BCUT2D eigenvalue weighted by Gasteiger charge is 2.27. The largest absolute Gasteiger partial charge is 0.345 e. The summed E-state index contributed by atoms with van der Waals surface area (Å²) in [5.74, 6) is -1.09. The average Bonchev–Trinajstić information content (AvgIpc) is 2.36. The minimum absolute atomic E-state index is 0.0147. The molecule has 0 fully saturated rings. The zero-order chi connectivity index (χ0) is 13.8. The second-order valence-corrected chi connectivity index (χ2v) is 4.71. The fourth-order valence-corrected chi connectivity index (χ4v) is 1.91. The third kappa shape index (κ3) is 3.21. The molecule has 0 aliphatic heterocycles. The van der Waals surface area contributed by atoms with Crippen molar-refractivity contribution < 1.29 is 9.18 Å². The Morgan fingerprint density at radius 2 is 2.06 bits per heavy atom. The molecule has 0 unspecified atom stereocenters. The van der Waals surface area contributed by atoms with E-state index in [1.165, 1.54) is 12.1 Å². The first-order valence-corrected chi connectivity index (χ1v) is 6.33. The van der Waals surface area contributed by atoms with Gasteiger partial charge in [0.2, 0.25) is 0 Å². The Labute approximate surface area is 112 Å². The zero-order valence-corrected chi connectivity index (χ0v) is 11.4. The maximum Gasteiger partial charge on any atom is 0.254 e. The Morgan fingerprint density at radius 1 is 1.44 bits per heavy atom. The quantitative estimate of drug-likeness (QED) is 0.866. The highest BCUT2D eigenvalue weighted by atomic mass is 35.5. The third-order valence-corrected chi connectivity index (χ3v) is 3.53. The topological polar surface area (TPSA) is 55.1 Å². The van der Waals surface area contributed by atoms with E-state index in [0.29, 0.717) is 19.4 Å². The molecule has 100 valence electrons. The van der Waals surface area contributed by atoms with Crippen molar-refractivity contribution in [3.63, 3.8) is 0 Å². The number of amides is 1. The predicted molar refractivity (Wildman–Crippen MR) is 71.2 cm³/mol. The summed E-state index contributed by atoms with van der Waals surface area (Å²) in [7, 11) is 0. The zero-order valence-electron chi connectivity index (χ0n) is 10.6. The van der Waals surface area contributed by atoms with Gasteiger partial charge >= 0.3 is 0 Å². The molecule has 3 N–H and O–H groups in total. The molecular weight excluding hydrogens is 255 g/mol. The van der Waals surface area contributed by atoms with Crippen LogP contribution in [0.4, 0.5) is 4.39 Å². The van der Waals surface area contributed by atoms with E-state index in [2.05, 4.69) is 5.32 Å². The van der Waals surface area contributed by atoms with Gasteiger partial charge < -0.3 is 11.1 Å². The number of carbonyl (C=O) groups excluding carboxylic acids is 1. The van der Waals surface area contributed by atoms with Gasteiger partial charge in [-0.3, -0.25) is 4.79 Å². The van der Waals surface area contributed by atoms with E-state index < -0.39 is 17.3 Å². The number of hydrogen-bond donors (Lipinski definition) is 2. The summed E-state index contributed by atoms with van der Waals surface area (Å²) < 4.78 is 13.6. The van der Waals surface area contributed by atoms with Gasteiger partial charge in [-0.1, -0.05) is 25.4 Å². The molecule has 0 aliphatic rings. The lowest BCUT2D eigenvalue weighted by Gasteiger charge is -2.31. The van der Waals surface area contributed by atoms with Gasteiger partial charge in [0.05, 0.1) is 11.1 Å². The molecule has 3 nitrogen and oxygen atoms in total. The number of benzene rings is 1. The minimum atomic E-state index is -0.627. The molecule has 0 bridgehead atoms. The number of hydrogen-bond acceptors (Lipinski definition) is 2. The molecule has 0 atom stereocenters. The van der Waals surface area contributed by atoms with Crippen LogP contribution in [0.3, 0.4) is 0 Å². The van der Waals surface area contributed by atoms with Gasteiger partial charge in [0.1, 0.15) is 5.82 Å². The van der Waals surface area contributed by atoms with Crippen LogP contribution in [0.2, 0.25) is 5.02 Å². The second kappa shape index (κ2) is 6.16. The van der Waals surface area contributed by atoms with Gasteiger partial charge in [0.15, 0.2) is 0 Å².